The topological polar surface area (TPSA) is 32.3 Å². The number of anilines is 1. The van der Waals surface area contributed by atoms with Crippen molar-refractivity contribution < 1.29 is 4.39 Å². The van der Waals surface area contributed by atoms with E-state index in [1.165, 1.54) is 17.6 Å². The molecule has 0 saturated heterocycles. The number of nitrogens with zero attached hydrogens (tertiary/aromatic N) is 4. The molecule has 6 heteroatoms. The van der Waals surface area contributed by atoms with Crippen LogP contribution in [0.15, 0.2) is 24.3 Å². The molecule has 0 amide bonds. The second kappa shape index (κ2) is 6.76. The van der Waals surface area contributed by atoms with Crippen molar-refractivity contribution in [2.24, 2.45) is 0 Å². The summed E-state index contributed by atoms with van der Waals surface area (Å²) in [5.74, 6) is 0.572. The summed E-state index contributed by atoms with van der Waals surface area (Å²) in [6.45, 7) is 4.26. The maximum atomic E-state index is 13.3. The minimum Gasteiger partial charge on any atom is -0.341 e. The Kier molecular flexibility index (Phi) is 5.03. The van der Waals surface area contributed by atoms with E-state index in [0.717, 1.165) is 29.6 Å². The molecule has 0 N–H and O–H groups in total. The largest absolute Gasteiger partial charge is 0.341 e. The van der Waals surface area contributed by atoms with Gasteiger partial charge in [0.2, 0.25) is 5.13 Å². The Morgan fingerprint density at radius 2 is 2.05 bits per heavy atom. The molecule has 2 aromatic rings. The molecule has 4 nitrogen and oxygen atoms in total. The van der Waals surface area contributed by atoms with Crippen molar-refractivity contribution in [1.29, 1.82) is 0 Å². The van der Waals surface area contributed by atoms with Gasteiger partial charge in [-0.1, -0.05) is 12.1 Å². The third-order valence-corrected chi connectivity index (χ3v) is 3.74. The van der Waals surface area contributed by atoms with Crippen molar-refractivity contribution in [2.45, 2.75) is 13.5 Å². The highest BCUT2D eigenvalue weighted by Crippen LogP contribution is 2.19. The zero-order valence-electron chi connectivity index (χ0n) is 12.0. The molecule has 0 fully saturated rings. The molecule has 108 valence electrons. The number of hydrogen-bond acceptors (Lipinski definition) is 5. The molecule has 2 rings (SSSR count). The summed E-state index contributed by atoms with van der Waals surface area (Å²) >= 11 is 1.39. The quantitative estimate of drug-likeness (QED) is 0.819. The van der Waals surface area contributed by atoms with Gasteiger partial charge in [-0.3, -0.25) is 0 Å². The Morgan fingerprint density at radius 1 is 1.25 bits per heavy atom. The van der Waals surface area contributed by atoms with Crippen LogP contribution in [0.1, 0.15) is 11.4 Å². The fourth-order valence-corrected chi connectivity index (χ4v) is 2.53. The average Bonchev–Trinajstić information content (AvgIpc) is 2.81. The fourth-order valence-electron chi connectivity index (χ4n) is 1.83. The number of hydrogen-bond donors (Lipinski definition) is 0. The van der Waals surface area contributed by atoms with E-state index in [1.807, 2.05) is 27.1 Å². The molecule has 20 heavy (non-hydrogen) atoms. The Bertz CT molecular complexity index is 556. The summed E-state index contributed by atoms with van der Waals surface area (Å²) in [5, 5.41) is 0.883. The van der Waals surface area contributed by atoms with Crippen LogP contribution in [0.3, 0.4) is 0 Å². The Labute approximate surface area is 123 Å². The highest BCUT2D eigenvalue weighted by atomic mass is 32.1. The Hall–Kier alpha value is -1.53. The number of halogens is 1. The second-order valence-corrected chi connectivity index (χ2v) is 5.71. The Morgan fingerprint density at radius 3 is 2.65 bits per heavy atom. The van der Waals surface area contributed by atoms with E-state index >= 15 is 0 Å². The van der Waals surface area contributed by atoms with Crippen molar-refractivity contribution in [3.63, 3.8) is 0 Å². The second-order valence-electron chi connectivity index (χ2n) is 4.98. The first-order valence-electron chi connectivity index (χ1n) is 6.49. The van der Waals surface area contributed by atoms with Gasteiger partial charge in [-0.2, -0.15) is 4.37 Å². The van der Waals surface area contributed by atoms with E-state index in [9.17, 15) is 4.39 Å². The molecule has 0 aliphatic heterocycles. The van der Waals surface area contributed by atoms with Gasteiger partial charge in [-0.15, -0.1) is 0 Å². The predicted octanol–water partition coefficient (Wildman–Crippen LogP) is 2.55. The lowest BCUT2D eigenvalue weighted by molar-refractivity contribution is 0.412. The van der Waals surface area contributed by atoms with Crippen molar-refractivity contribution in [3.05, 3.63) is 41.5 Å². The fraction of sp³-hybridized carbons (Fsp3) is 0.429. The van der Waals surface area contributed by atoms with Gasteiger partial charge < -0.3 is 9.80 Å². The zero-order valence-corrected chi connectivity index (χ0v) is 12.8. The smallest absolute Gasteiger partial charge is 0.205 e. The Balaban J connectivity index is 2.13. The molecule has 0 bridgehead atoms. The molecule has 1 aromatic carbocycles. The molecule has 0 spiro atoms. The third-order valence-electron chi connectivity index (χ3n) is 2.87. The molecule has 0 aliphatic carbocycles. The lowest BCUT2D eigenvalue weighted by Gasteiger charge is -2.23. The van der Waals surface area contributed by atoms with Crippen LogP contribution in [0.4, 0.5) is 9.52 Å². The minimum atomic E-state index is -0.205. The molecular formula is C14H19FN4S. The lowest BCUT2D eigenvalue weighted by Crippen LogP contribution is -2.31. The molecule has 0 unspecified atom stereocenters. The van der Waals surface area contributed by atoms with Crippen LogP contribution in [-0.2, 0) is 6.54 Å². The summed E-state index contributed by atoms with van der Waals surface area (Å²) in [7, 11) is 4.07. The molecular weight excluding hydrogens is 275 g/mol. The maximum Gasteiger partial charge on any atom is 0.205 e. The van der Waals surface area contributed by atoms with Crippen molar-refractivity contribution in [2.75, 3.05) is 32.1 Å². The van der Waals surface area contributed by atoms with Crippen LogP contribution in [0.5, 0.6) is 0 Å². The van der Waals surface area contributed by atoms with E-state index in [4.69, 9.17) is 0 Å². The van der Waals surface area contributed by atoms with Gasteiger partial charge in [0, 0.05) is 31.2 Å². The lowest BCUT2D eigenvalue weighted by atomic mass is 10.2. The molecule has 1 aromatic heterocycles. The first kappa shape index (κ1) is 14.9. The number of aromatic nitrogens is 2. The number of aryl methyl sites for hydroxylation is 1. The van der Waals surface area contributed by atoms with E-state index in [2.05, 4.69) is 19.2 Å². The highest BCUT2D eigenvalue weighted by molar-refractivity contribution is 7.09. The van der Waals surface area contributed by atoms with Gasteiger partial charge in [-0.25, -0.2) is 9.37 Å². The molecule has 0 saturated carbocycles. The number of likely N-dealkylation sites (N-methyl/N-ethyl adjacent to an activating group) is 1. The van der Waals surface area contributed by atoms with E-state index < -0.39 is 0 Å². The number of benzene rings is 1. The van der Waals surface area contributed by atoms with Crippen molar-refractivity contribution in [3.8, 4) is 0 Å². The minimum absolute atomic E-state index is 0.205. The predicted molar refractivity (Wildman–Crippen MR) is 80.7 cm³/mol. The average molecular weight is 294 g/mol. The van der Waals surface area contributed by atoms with E-state index in [-0.39, 0.29) is 5.82 Å². The summed E-state index contributed by atoms with van der Waals surface area (Å²) < 4.78 is 17.5. The van der Waals surface area contributed by atoms with Crippen LogP contribution in [0.2, 0.25) is 0 Å². The van der Waals surface area contributed by atoms with E-state index in [1.54, 1.807) is 12.1 Å². The summed E-state index contributed by atoms with van der Waals surface area (Å²) in [6, 6.07) is 6.69. The van der Waals surface area contributed by atoms with Crippen LogP contribution in [-0.4, -0.2) is 41.4 Å². The third kappa shape index (κ3) is 4.25. The normalized spacial score (nSPS) is 11.1. The van der Waals surface area contributed by atoms with E-state index in [0.29, 0.717) is 6.54 Å². The molecule has 0 atom stereocenters. The van der Waals surface area contributed by atoms with Gasteiger partial charge >= 0.3 is 0 Å². The van der Waals surface area contributed by atoms with Crippen LogP contribution >= 0.6 is 11.5 Å². The first-order valence-corrected chi connectivity index (χ1v) is 7.26. The monoisotopic (exact) mass is 294 g/mol. The van der Waals surface area contributed by atoms with Gasteiger partial charge in [0.25, 0.3) is 0 Å². The van der Waals surface area contributed by atoms with Crippen LogP contribution in [0, 0.1) is 12.7 Å². The highest BCUT2D eigenvalue weighted by Gasteiger charge is 2.12. The van der Waals surface area contributed by atoms with Crippen molar-refractivity contribution >= 4 is 16.7 Å². The van der Waals surface area contributed by atoms with Gasteiger partial charge in [0.15, 0.2) is 0 Å². The van der Waals surface area contributed by atoms with Crippen molar-refractivity contribution in [1.82, 2.24) is 14.3 Å². The number of rotatable bonds is 6. The maximum absolute atomic E-state index is 13.3. The van der Waals surface area contributed by atoms with Crippen LogP contribution in [0.25, 0.3) is 0 Å². The summed E-state index contributed by atoms with van der Waals surface area (Å²) in [6.07, 6.45) is 0. The standard InChI is InChI=1S/C14H19FN4S/c1-11-16-14(20-17-11)19(8-7-18(2)3)10-12-5-4-6-13(15)9-12/h4-6,9H,7-8,10H2,1-3H3. The molecule has 0 radical (unpaired) electrons. The van der Waals surface area contributed by atoms with Crippen LogP contribution < -0.4 is 4.90 Å². The zero-order chi connectivity index (χ0) is 14.5. The van der Waals surface area contributed by atoms with Gasteiger partial charge in [0.05, 0.1) is 0 Å². The SMILES string of the molecule is Cc1nsc(N(CCN(C)C)Cc2cccc(F)c2)n1. The molecule has 0 aliphatic rings. The first-order chi connectivity index (χ1) is 9.54. The summed E-state index contributed by atoms with van der Waals surface area (Å²) in [5.41, 5.74) is 0.941. The van der Waals surface area contributed by atoms with Gasteiger partial charge in [0.1, 0.15) is 11.6 Å². The van der Waals surface area contributed by atoms with Gasteiger partial charge in [-0.05, 0) is 38.7 Å². The molecule has 1 heterocycles. The summed E-state index contributed by atoms with van der Waals surface area (Å²) in [4.78, 5) is 8.68.